The maximum Gasteiger partial charge on any atom is 0.373 e. The Labute approximate surface area is 129 Å². The van der Waals surface area contributed by atoms with E-state index in [2.05, 4.69) is 4.98 Å². The second-order valence-corrected chi connectivity index (χ2v) is 6.17. The van der Waals surface area contributed by atoms with Crippen LogP contribution in [0.3, 0.4) is 0 Å². The number of thiazole rings is 1. The molecule has 0 N–H and O–H groups in total. The standard InChI is InChI=1S/C14H14N4O3S/c19-18(20)13-12(15-14-17(13)7-9-22-14)16-6-2-1-4-10(16)11-5-3-8-21-11/h3,5,7-10H,1-2,4,6H2/t10-/m0/s1. The lowest BCUT2D eigenvalue weighted by Gasteiger charge is -2.34. The Bertz CT molecular complexity index is 807. The van der Waals surface area contributed by atoms with E-state index in [0.717, 1.165) is 31.6 Å². The molecule has 4 heterocycles. The van der Waals surface area contributed by atoms with Crippen LogP contribution in [0.15, 0.2) is 34.4 Å². The van der Waals surface area contributed by atoms with Crippen molar-refractivity contribution in [2.75, 3.05) is 11.4 Å². The Kier molecular flexibility index (Phi) is 3.11. The summed E-state index contributed by atoms with van der Waals surface area (Å²) < 4.78 is 7.09. The lowest BCUT2D eigenvalue weighted by molar-refractivity contribution is -0.389. The Hall–Kier alpha value is -2.35. The zero-order chi connectivity index (χ0) is 15.1. The number of piperidine rings is 1. The van der Waals surface area contributed by atoms with Crippen LogP contribution >= 0.6 is 11.3 Å². The van der Waals surface area contributed by atoms with Crippen molar-refractivity contribution in [3.05, 3.63) is 45.8 Å². The average molecular weight is 318 g/mol. The maximum absolute atomic E-state index is 11.5. The summed E-state index contributed by atoms with van der Waals surface area (Å²) in [4.78, 5) is 18.3. The monoisotopic (exact) mass is 318 g/mol. The molecule has 1 fully saturated rings. The average Bonchev–Trinajstić information content (AvgIpc) is 3.23. The van der Waals surface area contributed by atoms with Crippen molar-refractivity contribution in [3.63, 3.8) is 0 Å². The number of nitro groups is 1. The number of hydrogen-bond acceptors (Lipinski definition) is 6. The van der Waals surface area contributed by atoms with Crippen molar-refractivity contribution >= 4 is 27.9 Å². The summed E-state index contributed by atoms with van der Waals surface area (Å²) >= 11 is 1.40. The predicted octanol–water partition coefficient (Wildman–Crippen LogP) is 3.63. The minimum absolute atomic E-state index is 0.00653. The molecular weight excluding hydrogens is 304 g/mol. The molecule has 22 heavy (non-hydrogen) atoms. The SMILES string of the molecule is O=[N+]([O-])c1c(N2CCCC[C@H]2c2ccco2)nc2sccn12. The third-order valence-electron chi connectivity index (χ3n) is 4.04. The molecule has 0 bridgehead atoms. The van der Waals surface area contributed by atoms with Gasteiger partial charge in [-0.25, -0.2) is 0 Å². The maximum atomic E-state index is 11.5. The summed E-state index contributed by atoms with van der Waals surface area (Å²) in [5.74, 6) is 1.32. The Morgan fingerprint density at radius 3 is 3.14 bits per heavy atom. The van der Waals surface area contributed by atoms with Gasteiger partial charge in [0, 0.05) is 11.9 Å². The molecule has 3 aromatic rings. The molecule has 8 heteroatoms. The van der Waals surface area contributed by atoms with Crippen LogP contribution in [0, 0.1) is 10.1 Å². The van der Waals surface area contributed by atoms with Gasteiger partial charge >= 0.3 is 5.82 Å². The van der Waals surface area contributed by atoms with Gasteiger partial charge in [-0.1, -0.05) is 11.3 Å². The molecule has 0 radical (unpaired) electrons. The van der Waals surface area contributed by atoms with Crippen LogP contribution in [0.25, 0.3) is 4.96 Å². The Morgan fingerprint density at radius 2 is 2.36 bits per heavy atom. The predicted molar refractivity (Wildman–Crippen MR) is 82.4 cm³/mol. The molecule has 114 valence electrons. The molecule has 4 rings (SSSR count). The van der Waals surface area contributed by atoms with Gasteiger partial charge in [0.2, 0.25) is 5.82 Å². The van der Waals surface area contributed by atoms with E-state index in [1.165, 1.54) is 11.3 Å². The molecule has 0 unspecified atom stereocenters. The van der Waals surface area contributed by atoms with Crippen LogP contribution in [0.1, 0.15) is 31.1 Å². The van der Waals surface area contributed by atoms with E-state index in [4.69, 9.17) is 4.42 Å². The van der Waals surface area contributed by atoms with Crippen LogP contribution in [0.5, 0.6) is 0 Å². The Morgan fingerprint density at radius 1 is 1.45 bits per heavy atom. The van der Waals surface area contributed by atoms with Crippen molar-refractivity contribution in [1.29, 1.82) is 0 Å². The third-order valence-corrected chi connectivity index (χ3v) is 4.80. The zero-order valence-electron chi connectivity index (χ0n) is 11.7. The molecule has 0 aliphatic carbocycles. The van der Waals surface area contributed by atoms with E-state index in [-0.39, 0.29) is 16.8 Å². The molecular formula is C14H14N4O3S. The van der Waals surface area contributed by atoms with Crippen LogP contribution in [-0.2, 0) is 0 Å². The third kappa shape index (κ3) is 1.98. The van der Waals surface area contributed by atoms with Crippen molar-refractivity contribution in [2.24, 2.45) is 0 Å². The molecule has 1 aliphatic heterocycles. The largest absolute Gasteiger partial charge is 0.467 e. The first-order valence-electron chi connectivity index (χ1n) is 7.15. The Balaban J connectivity index is 1.83. The topological polar surface area (TPSA) is 76.8 Å². The van der Waals surface area contributed by atoms with Gasteiger partial charge < -0.3 is 19.4 Å². The molecule has 0 spiro atoms. The first kappa shape index (κ1) is 13.3. The number of rotatable bonds is 3. The van der Waals surface area contributed by atoms with Crippen molar-refractivity contribution < 1.29 is 9.34 Å². The lowest BCUT2D eigenvalue weighted by atomic mass is 10.00. The van der Waals surface area contributed by atoms with E-state index in [0.29, 0.717) is 10.8 Å². The van der Waals surface area contributed by atoms with E-state index < -0.39 is 0 Å². The van der Waals surface area contributed by atoms with Crippen LogP contribution in [0.4, 0.5) is 11.6 Å². The number of furan rings is 1. The zero-order valence-corrected chi connectivity index (χ0v) is 12.5. The summed E-state index contributed by atoms with van der Waals surface area (Å²) in [5, 5.41) is 13.3. The molecule has 3 aromatic heterocycles. The van der Waals surface area contributed by atoms with E-state index >= 15 is 0 Å². The minimum atomic E-state index is -0.351. The normalized spacial score (nSPS) is 18.9. The fourth-order valence-electron chi connectivity index (χ4n) is 3.09. The van der Waals surface area contributed by atoms with Crippen LogP contribution < -0.4 is 4.90 Å². The molecule has 0 amide bonds. The second kappa shape index (κ2) is 5.13. The van der Waals surface area contributed by atoms with Gasteiger partial charge in [-0.2, -0.15) is 9.38 Å². The number of anilines is 1. The summed E-state index contributed by atoms with van der Waals surface area (Å²) in [6.07, 6.45) is 6.33. The highest BCUT2D eigenvalue weighted by Gasteiger charge is 2.34. The smallest absolute Gasteiger partial charge is 0.373 e. The highest BCUT2D eigenvalue weighted by molar-refractivity contribution is 7.15. The van der Waals surface area contributed by atoms with Crippen molar-refractivity contribution in [2.45, 2.75) is 25.3 Å². The number of hydrogen-bond donors (Lipinski definition) is 0. The molecule has 1 aliphatic rings. The molecule has 7 nitrogen and oxygen atoms in total. The summed E-state index contributed by atoms with van der Waals surface area (Å²) in [5.41, 5.74) is 0. The minimum Gasteiger partial charge on any atom is -0.467 e. The quantitative estimate of drug-likeness (QED) is 0.544. The van der Waals surface area contributed by atoms with Gasteiger partial charge in [-0.05, 0) is 36.3 Å². The molecule has 0 saturated carbocycles. The van der Waals surface area contributed by atoms with E-state index in [1.54, 1.807) is 22.2 Å². The van der Waals surface area contributed by atoms with Crippen LogP contribution in [0.2, 0.25) is 0 Å². The molecule has 1 atom stereocenters. The number of nitrogens with zero attached hydrogens (tertiary/aromatic N) is 4. The van der Waals surface area contributed by atoms with E-state index in [1.807, 2.05) is 17.0 Å². The first-order chi connectivity index (χ1) is 10.8. The number of imidazole rings is 1. The van der Waals surface area contributed by atoms with Gasteiger partial charge in [-0.15, -0.1) is 0 Å². The lowest BCUT2D eigenvalue weighted by Crippen LogP contribution is -2.33. The van der Waals surface area contributed by atoms with Gasteiger partial charge in [0.1, 0.15) is 12.0 Å². The second-order valence-electron chi connectivity index (χ2n) is 5.29. The molecule has 0 aromatic carbocycles. The highest BCUT2D eigenvalue weighted by atomic mass is 32.1. The van der Waals surface area contributed by atoms with Crippen molar-refractivity contribution in [3.8, 4) is 0 Å². The van der Waals surface area contributed by atoms with Gasteiger partial charge in [0.05, 0.1) is 12.3 Å². The fourth-order valence-corrected chi connectivity index (χ4v) is 3.79. The summed E-state index contributed by atoms with van der Waals surface area (Å²) in [6.45, 7) is 0.747. The first-order valence-corrected chi connectivity index (χ1v) is 8.03. The summed E-state index contributed by atoms with van der Waals surface area (Å²) in [7, 11) is 0. The van der Waals surface area contributed by atoms with Crippen LogP contribution in [-0.4, -0.2) is 20.9 Å². The highest BCUT2D eigenvalue weighted by Crippen LogP contribution is 2.40. The summed E-state index contributed by atoms with van der Waals surface area (Å²) in [6, 6.07) is 3.78. The fraction of sp³-hybridized carbons (Fsp3) is 0.357. The van der Waals surface area contributed by atoms with E-state index in [9.17, 15) is 10.1 Å². The van der Waals surface area contributed by atoms with Gasteiger partial charge in [0.25, 0.3) is 4.96 Å². The molecule has 1 saturated heterocycles. The van der Waals surface area contributed by atoms with Gasteiger partial charge in [0.15, 0.2) is 0 Å². The van der Waals surface area contributed by atoms with Gasteiger partial charge in [-0.3, -0.25) is 0 Å². The number of aromatic nitrogens is 2. The van der Waals surface area contributed by atoms with Crippen molar-refractivity contribution in [1.82, 2.24) is 9.38 Å². The number of fused-ring (bicyclic) bond motifs is 1.